The summed E-state index contributed by atoms with van der Waals surface area (Å²) >= 11 is 1.74. The molecule has 0 aromatic heterocycles. The van der Waals surface area contributed by atoms with E-state index in [0.29, 0.717) is 30.5 Å². The summed E-state index contributed by atoms with van der Waals surface area (Å²) in [5.74, 6) is 0.188. The predicted octanol–water partition coefficient (Wildman–Crippen LogP) is 7.12. The summed E-state index contributed by atoms with van der Waals surface area (Å²) in [5, 5.41) is 22.3. The molecule has 0 fully saturated rings. The lowest BCUT2D eigenvalue weighted by Crippen LogP contribution is -2.39. The molecule has 1 atom stereocenters. The Labute approximate surface area is 238 Å². The van der Waals surface area contributed by atoms with Gasteiger partial charge in [0.15, 0.2) is 5.78 Å². The number of Topliss-reactive ketones (excluding diaryl/α,β-unsaturated/α-hetero) is 1. The third-order valence-corrected chi connectivity index (χ3v) is 8.72. The van der Waals surface area contributed by atoms with Gasteiger partial charge >= 0.3 is 0 Å². The second kappa shape index (κ2) is 11.0. The van der Waals surface area contributed by atoms with Gasteiger partial charge in [-0.3, -0.25) is 19.8 Å². The molecular weight excluding hydrogens is 520 g/mol. The van der Waals surface area contributed by atoms with Gasteiger partial charge < -0.3 is 5.73 Å². The number of nitro groups is 1. The Morgan fingerprint density at radius 1 is 1.07 bits per heavy atom. The minimum absolute atomic E-state index is 0.0495. The van der Waals surface area contributed by atoms with Crippen LogP contribution in [0.15, 0.2) is 88.2 Å². The number of anilines is 1. The smallest absolute Gasteiger partial charge is 0.293 e. The molecule has 1 unspecified atom stereocenters. The average molecular weight is 551 g/mol. The van der Waals surface area contributed by atoms with Crippen molar-refractivity contribution in [1.29, 1.82) is 5.26 Å². The number of benzene rings is 3. The van der Waals surface area contributed by atoms with Crippen LogP contribution in [0.5, 0.6) is 0 Å². The van der Waals surface area contributed by atoms with Crippen LogP contribution in [0.3, 0.4) is 0 Å². The molecule has 40 heavy (non-hydrogen) atoms. The number of aryl methyl sites for hydroxylation is 2. The molecule has 3 aromatic rings. The molecule has 7 nitrogen and oxygen atoms in total. The topological polar surface area (TPSA) is 113 Å². The number of thioether (sulfide) groups is 1. The van der Waals surface area contributed by atoms with E-state index in [1.165, 1.54) is 16.5 Å². The molecule has 8 heteroatoms. The normalized spacial score (nSPS) is 17.1. The van der Waals surface area contributed by atoms with Gasteiger partial charge in [0.1, 0.15) is 11.5 Å². The number of para-hydroxylation sites is 2. The first kappa shape index (κ1) is 27.2. The van der Waals surface area contributed by atoms with Crippen LogP contribution in [0.4, 0.5) is 11.4 Å². The zero-order chi connectivity index (χ0) is 28.6. The molecule has 0 saturated heterocycles. The lowest BCUT2D eigenvalue weighted by Gasteiger charge is -2.39. The molecule has 5 rings (SSSR count). The van der Waals surface area contributed by atoms with E-state index in [2.05, 4.69) is 43.3 Å². The van der Waals surface area contributed by atoms with Crippen LogP contribution in [-0.4, -0.2) is 10.7 Å². The SMILES string of the molecule is Cc1ccc(SCc2cc(C)cc(C3C(C#N)=C(N)N(c4ccccc4[N+](=O)[O-])C4=C3C(=O)CCC4)c2C)cc1. The van der Waals surface area contributed by atoms with Crippen molar-refractivity contribution in [3.63, 3.8) is 0 Å². The van der Waals surface area contributed by atoms with Crippen molar-refractivity contribution in [2.24, 2.45) is 5.73 Å². The number of nitriles is 1. The molecule has 202 valence electrons. The van der Waals surface area contributed by atoms with E-state index in [9.17, 15) is 20.2 Å². The van der Waals surface area contributed by atoms with Crippen LogP contribution in [0.1, 0.15) is 53.0 Å². The first-order valence-electron chi connectivity index (χ1n) is 13.2. The maximum atomic E-state index is 13.6. The van der Waals surface area contributed by atoms with Crippen LogP contribution in [0, 0.1) is 42.2 Å². The third-order valence-electron chi connectivity index (χ3n) is 7.66. The highest BCUT2D eigenvalue weighted by atomic mass is 32.2. The highest BCUT2D eigenvalue weighted by Gasteiger charge is 2.42. The number of rotatable bonds is 6. The molecule has 3 aromatic carbocycles. The van der Waals surface area contributed by atoms with Crippen molar-refractivity contribution < 1.29 is 9.72 Å². The van der Waals surface area contributed by atoms with Crippen molar-refractivity contribution in [2.75, 3.05) is 4.90 Å². The summed E-state index contributed by atoms with van der Waals surface area (Å²) in [5.41, 5.74) is 13.5. The Hall–Kier alpha value is -4.35. The number of ketones is 1. The molecule has 0 radical (unpaired) electrons. The van der Waals surface area contributed by atoms with Crippen molar-refractivity contribution in [3.8, 4) is 6.07 Å². The minimum atomic E-state index is -0.630. The van der Waals surface area contributed by atoms with Gasteiger partial charge in [-0.15, -0.1) is 11.8 Å². The zero-order valence-corrected chi connectivity index (χ0v) is 23.5. The number of carbonyl (C=O) groups excluding carboxylic acids is 1. The van der Waals surface area contributed by atoms with Crippen molar-refractivity contribution in [1.82, 2.24) is 0 Å². The Kier molecular flexibility index (Phi) is 7.51. The van der Waals surface area contributed by atoms with Gasteiger partial charge in [-0.2, -0.15) is 5.26 Å². The Morgan fingerprint density at radius 2 is 1.80 bits per heavy atom. The number of nitrogens with zero attached hydrogens (tertiary/aromatic N) is 3. The summed E-state index contributed by atoms with van der Waals surface area (Å²) < 4.78 is 0. The van der Waals surface area contributed by atoms with Gasteiger partial charge in [-0.25, -0.2) is 0 Å². The molecule has 1 heterocycles. The maximum Gasteiger partial charge on any atom is 0.293 e. The Bertz CT molecular complexity index is 1630. The number of allylic oxidation sites excluding steroid dienone is 3. The highest BCUT2D eigenvalue weighted by molar-refractivity contribution is 7.98. The van der Waals surface area contributed by atoms with Gasteiger partial charge in [0.05, 0.1) is 22.5 Å². The molecule has 2 N–H and O–H groups in total. The number of nitrogens with two attached hydrogens (primary N) is 1. The van der Waals surface area contributed by atoms with E-state index in [1.54, 1.807) is 34.9 Å². The summed E-state index contributed by atoms with van der Waals surface area (Å²) in [6.07, 6.45) is 1.51. The van der Waals surface area contributed by atoms with E-state index >= 15 is 0 Å². The largest absolute Gasteiger partial charge is 0.384 e. The lowest BCUT2D eigenvalue weighted by molar-refractivity contribution is -0.384. The third kappa shape index (κ3) is 4.89. The van der Waals surface area contributed by atoms with E-state index in [4.69, 9.17) is 5.73 Å². The van der Waals surface area contributed by atoms with Crippen LogP contribution >= 0.6 is 11.8 Å². The van der Waals surface area contributed by atoms with Crippen LogP contribution in [-0.2, 0) is 10.5 Å². The standard InChI is InChI=1S/C32H30N4O3S/c1-19-11-13-23(14-12-19)40-18-22-15-20(2)16-24(21(22)3)30-25(17-33)32(34)35(28-9-6-10-29(37)31(28)30)26-7-4-5-8-27(26)36(38)39/h4-5,7-8,11-16,30H,6,9-10,18,34H2,1-3H3. The van der Waals surface area contributed by atoms with E-state index in [-0.39, 0.29) is 28.6 Å². The predicted molar refractivity (Wildman–Crippen MR) is 158 cm³/mol. The number of hydrogen-bond acceptors (Lipinski definition) is 7. The van der Waals surface area contributed by atoms with Gasteiger partial charge in [0.2, 0.25) is 0 Å². The van der Waals surface area contributed by atoms with Crippen molar-refractivity contribution >= 4 is 28.9 Å². The first-order valence-corrected chi connectivity index (χ1v) is 14.2. The summed E-state index contributed by atoms with van der Waals surface area (Å²) in [6, 6.07) is 21.2. The summed E-state index contributed by atoms with van der Waals surface area (Å²) in [4.78, 5) is 27.8. The second-order valence-electron chi connectivity index (χ2n) is 10.3. The summed E-state index contributed by atoms with van der Waals surface area (Å²) in [7, 11) is 0. The maximum absolute atomic E-state index is 13.6. The number of carbonyl (C=O) groups is 1. The minimum Gasteiger partial charge on any atom is -0.384 e. The molecule has 1 aliphatic carbocycles. The summed E-state index contributed by atoms with van der Waals surface area (Å²) in [6.45, 7) is 6.11. The van der Waals surface area contributed by atoms with Crippen molar-refractivity contribution in [3.05, 3.63) is 121 Å². The quantitative estimate of drug-likeness (QED) is 0.197. The fraction of sp³-hybridized carbons (Fsp3) is 0.250. The second-order valence-corrected chi connectivity index (χ2v) is 11.4. The monoisotopic (exact) mass is 550 g/mol. The van der Waals surface area contributed by atoms with E-state index in [0.717, 1.165) is 28.0 Å². The Morgan fingerprint density at radius 3 is 2.50 bits per heavy atom. The van der Waals surface area contributed by atoms with Gasteiger partial charge in [0.25, 0.3) is 5.69 Å². The van der Waals surface area contributed by atoms with Crippen LogP contribution in [0.2, 0.25) is 0 Å². The van der Waals surface area contributed by atoms with E-state index in [1.807, 2.05) is 19.9 Å². The zero-order valence-electron chi connectivity index (χ0n) is 22.7. The fourth-order valence-electron chi connectivity index (χ4n) is 5.69. The molecule has 2 aliphatic rings. The van der Waals surface area contributed by atoms with Gasteiger partial charge in [-0.1, -0.05) is 47.5 Å². The fourth-order valence-corrected chi connectivity index (χ4v) is 6.64. The lowest BCUT2D eigenvalue weighted by atomic mass is 9.73. The first-order chi connectivity index (χ1) is 19.2. The molecule has 0 bridgehead atoms. The van der Waals surface area contributed by atoms with E-state index < -0.39 is 10.8 Å². The molecule has 0 spiro atoms. The van der Waals surface area contributed by atoms with Crippen LogP contribution in [0.25, 0.3) is 0 Å². The highest BCUT2D eigenvalue weighted by Crippen LogP contribution is 2.49. The number of hydrogen-bond donors (Lipinski definition) is 1. The molecule has 1 aliphatic heterocycles. The van der Waals surface area contributed by atoms with Gasteiger partial charge in [-0.05, 0) is 68.5 Å². The molecular formula is C32H30N4O3S. The Balaban J connectivity index is 1.66. The molecule has 0 saturated carbocycles. The number of nitro benzene ring substituents is 1. The molecule has 0 amide bonds. The van der Waals surface area contributed by atoms with Crippen molar-refractivity contribution in [2.45, 2.75) is 56.6 Å². The average Bonchev–Trinajstić information content (AvgIpc) is 2.93. The van der Waals surface area contributed by atoms with Gasteiger partial charge in [0, 0.05) is 34.4 Å². The van der Waals surface area contributed by atoms with Crippen LogP contribution < -0.4 is 10.6 Å².